The first kappa shape index (κ1) is 12.1. The highest BCUT2D eigenvalue weighted by Gasteiger charge is 2.29. The Morgan fingerprint density at radius 1 is 1.24 bits per heavy atom. The van der Waals surface area contributed by atoms with Gasteiger partial charge < -0.3 is 4.74 Å². The molecule has 0 bridgehead atoms. The van der Waals surface area contributed by atoms with Crippen LogP contribution in [-0.2, 0) is 9.53 Å². The first-order chi connectivity index (χ1) is 8.31. The smallest absolute Gasteiger partial charge is 0.337 e. The zero-order valence-corrected chi connectivity index (χ0v) is 9.77. The van der Waals surface area contributed by atoms with Crippen LogP contribution in [0.1, 0.15) is 37.2 Å². The number of halogens is 1. The van der Waals surface area contributed by atoms with E-state index in [1.54, 1.807) is 0 Å². The number of carbonyl (C=O) groups excluding carboxylic acids is 1. The third-order valence-electron chi connectivity index (χ3n) is 3.32. The summed E-state index contributed by atoms with van der Waals surface area (Å²) in [5, 5.41) is 0. The average molecular weight is 236 g/mol. The number of esters is 1. The lowest BCUT2D eigenvalue weighted by Crippen LogP contribution is -2.29. The summed E-state index contributed by atoms with van der Waals surface area (Å²) in [5.41, 5.74) is 1.18. The molecule has 0 saturated heterocycles. The number of hydrogen-bond acceptors (Lipinski definition) is 2. The Hall–Kier alpha value is -1.38. The van der Waals surface area contributed by atoms with E-state index in [1.807, 2.05) is 30.3 Å². The van der Waals surface area contributed by atoms with E-state index >= 15 is 0 Å². The van der Waals surface area contributed by atoms with Crippen LogP contribution < -0.4 is 0 Å². The summed E-state index contributed by atoms with van der Waals surface area (Å²) >= 11 is 0. The Morgan fingerprint density at radius 2 is 1.94 bits per heavy atom. The molecule has 2 atom stereocenters. The quantitative estimate of drug-likeness (QED) is 0.753. The van der Waals surface area contributed by atoms with Gasteiger partial charge in [0, 0.05) is 5.92 Å². The molecular formula is C14H17FO2. The number of hydrogen-bond donors (Lipinski definition) is 0. The van der Waals surface area contributed by atoms with Crippen molar-refractivity contribution in [3.8, 4) is 0 Å². The highest BCUT2D eigenvalue weighted by Crippen LogP contribution is 2.34. The molecule has 1 aliphatic carbocycles. The molecule has 2 nitrogen and oxygen atoms in total. The number of ether oxygens (including phenoxy) is 1. The number of alkyl halides is 1. The van der Waals surface area contributed by atoms with Crippen LogP contribution in [0.25, 0.3) is 0 Å². The van der Waals surface area contributed by atoms with E-state index in [4.69, 9.17) is 4.74 Å². The van der Waals surface area contributed by atoms with Crippen molar-refractivity contribution in [2.45, 2.75) is 37.7 Å². The van der Waals surface area contributed by atoms with Gasteiger partial charge >= 0.3 is 5.97 Å². The summed E-state index contributed by atoms with van der Waals surface area (Å²) < 4.78 is 17.4. The molecule has 1 aromatic rings. The average Bonchev–Trinajstić information content (AvgIpc) is 2.40. The van der Waals surface area contributed by atoms with Crippen molar-refractivity contribution >= 4 is 5.97 Å². The van der Waals surface area contributed by atoms with Crippen LogP contribution in [0.4, 0.5) is 4.39 Å². The van der Waals surface area contributed by atoms with Crippen LogP contribution in [-0.4, -0.2) is 18.7 Å². The van der Waals surface area contributed by atoms with Crippen molar-refractivity contribution in [3.05, 3.63) is 35.9 Å². The van der Waals surface area contributed by atoms with Gasteiger partial charge in [0.25, 0.3) is 0 Å². The second-order valence-corrected chi connectivity index (χ2v) is 4.46. The lowest BCUT2D eigenvalue weighted by molar-refractivity contribution is -0.152. The van der Waals surface area contributed by atoms with Crippen molar-refractivity contribution in [1.82, 2.24) is 0 Å². The minimum Gasteiger partial charge on any atom is -0.460 e. The minimum absolute atomic E-state index is 0.158. The van der Waals surface area contributed by atoms with Crippen LogP contribution in [0.2, 0.25) is 0 Å². The third kappa shape index (κ3) is 3.05. The van der Waals surface area contributed by atoms with Gasteiger partial charge in [0.15, 0.2) is 6.67 Å². The van der Waals surface area contributed by atoms with Crippen molar-refractivity contribution in [2.75, 3.05) is 6.67 Å². The summed E-state index contributed by atoms with van der Waals surface area (Å²) in [6.45, 7) is -1.03. The van der Waals surface area contributed by atoms with Crippen molar-refractivity contribution < 1.29 is 13.9 Å². The maximum atomic E-state index is 12.2. The van der Waals surface area contributed by atoms with E-state index in [0.717, 1.165) is 25.7 Å². The van der Waals surface area contributed by atoms with Gasteiger partial charge in [0.2, 0.25) is 0 Å². The van der Waals surface area contributed by atoms with Crippen molar-refractivity contribution in [3.63, 3.8) is 0 Å². The Bertz CT molecular complexity index is 364. The number of benzene rings is 1. The highest BCUT2D eigenvalue weighted by molar-refractivity contribution is 5.70. The molecule has 1 aromatic carbocycles. The molecule has 0 heterocycles. The van der Waals surface area contributed by atoms with Gasteiger partial charge in [-0.3, -0.25) is 0 Å². The van der Waals surface area contributed by atoms with Gasteiger partial charge in [-0.15, -0.1) is 0 Å². The number of rotatable bonds is 3. The summed E-state index contributed by atoms with van der Waals surface area (Å²) in [6.07, 6.45) is 3.88. The molecule has 0 radical (unpaired) electrons. The van der Waals surface area contributed by atoms with E-state index in [0.29, 0.717) is 0 Å². The Balaban J connectivity index is 2.09. The van der Waals surface area contributed by atoms with Gasteiger partial charge in [0.1, 0.15) is 6.10 Å². The van der Waals surface area contributed by atoms with E-state index < -0.39 is 12.6 Å². The topological polar surface area (TPSA) is 26.3 Å². The molecule has 0 aromatic heterocycles. The molecule has 1 aliphatic rings. The fourth-order valence-electron chi connectivity index (χ4n) is 2.52. The summed E-state index contributed by atoms with van der Waals surface area (Å²) in [5.74, 6) is -0.515. The molecular weight excluding hydrogens is 219 g/mol. The maximum Gasteiger partial charge on any atom is 0.337 e. The normalized spacial score (nSPS) is 24.3. The van der Waals surface area contributed by atoms with Crippen LogP contribution in [0, 0.1) is 0 Å². The monoisotopic (exact) mass is 236 g/mol. The molecule has 0 N–H and O–H groups in total. The molecule has 2 rings (SSSR count). The lowest BCUT2D eigenvalue weighted by Gasteiger charge is -2.31. The fourth-order valence-corrected chi connectivity index (χ4v) is 2.52. The second-order valence-electron chi connectivity index (χ2n) is 4.46. The van der Waals surface area contributed by atoms with Gasteiger partial charge in [0.05, 0.1) is 0 Å². The zero-order chi connectivity index (χ0) is 12.1. The van der Waals surface area contributed by atoms with E-state index in [2.05, 4.69) is 0 Å². The molecule has 1 saturated carbocycles. The van der Waals surface area contributed by atoms with Crippen LogP contribution in [0.3, 0.4) is 0 Å². The minimum atomic E-state index is -1.03. The molecule has 17 heavy (non-hydrogen) atoms. The van der Waals surface area contributed by atoms with Gasteiger partial charge in [-0.2, -0.15) is 0 Å². The largest absolute Gasteiger partial charge is 0.460 e. The molecule has 1 fully saturated rings. The summed E-state index contributed by atoms with van der Waals surface area (Å²) in [7, 11) is 0. The summed E-state index contributed by atoms with van der Waals surface area (Å²) in [4.78, 5) is 11.1. The van der Waals surface area contributed by atoms with Crippen molar-refractivity contribution in [2.24, 2.45) is 0 Å². The second kappa shape index (κ2) is 5.80. The van der Waals surface area contributed by atoms with Crippen LogP contribution >= 0.6 is 0 Å². The van der Waals surface area contributed by atoms with E-state index in [-0.39, 0.29) is 12.0 Å². The first-order valence-corrected chi connectivity index (χ1v) is 6.11. The van der Waals surface area contributed by atoms with Crippen molar-refractivity contribution in [1.29, 1.82) is 0 Å². The maximum absolute atomic E-state index is 12.2. The standard InChI is InChI=1S/C14H17FO2/c15-10-14(16)17-13-9-5-4-8-12(13)11-6-2-1-3-7-11/h1-3,6-7,12-13H,4-5,8-10H2. The molecule has 2 unspecified atom stereocenters. The SMILES string of the molecule is O=C(CF)OC1CCCCC1c1ccccc1. The van der Waals surface area contributed by atoms with Gasteiger partial charge in [-0.1, -0.05) is 36.8 Å². The first-order valence-electron chi connectivity index (χ1n) is 6.11. The predicted octanol–water partition coefficient (Wildman–Crippen LogP) is 3.23. The Morgan fingerprint density at radius 3 is 2.65 bits per heavy atom. The summed E-state index contributed by atoms with van der Waals surface area (Å²) in [6, 6.07) is 10.0. The molecule has 92 valence electrons. The van der Waals surface area contributed by atoms with Crippen LogP contribution in [0.15, 0.2) is 30.3 Å². The fraction of sp³-hybridized carbons (Fsp3) is 0.500. The number of carbonyl (C=O) groups is 1. The molecule has 0 aliphatic heterocycles. The van der Waals surface area contributed by atoms with E-state index in [9.17, 15) is 9.18 Å². The Labute approximate surface area is 101 Å². The van der Waals surface area contributed by atoms with Gasteiger partial charge in [-0.05, 0) is 24.8 Å². The van der Waals surface area contributed by atoms with Crippen LogP contribution in [0.5, 0.6) is 0 Å². The Kier molecular flexibility index (Phi) is 4.13. The van der Waals surface area contributed by atoms with Gasteiger partial charge in [-0.25, -0.2) is 9.18 Å². The molecule has 0 spiro atoms. The predicted molar refractivity (Wildman–Crippen MR) is 63.5 cm³/mol. The highest BCUT2D eigenvalue weighted by atomic mass is 19.1. The zero-order valence-electron chi connectivity index (χ0n) is 9.77. The van der Waals surface area contributed by atoms with E-state index in [1.165, 1.54) is 5.56 Å². The molecule has 3 heteroatoms. The molecule has 0 amide bonds. The third-order valence-corrected chi connectivity index (χ3v) is 3.32. The lowest BCUT2D eigenvalue weighted by atomic mass is 9.81.